The van der Waals surface area contributed by atoms with Crippen molar-refractivity contribution in [1.82, 2.24) is 0 Å². The first-order chi connectivity index (χ1) is 19.9. The van der Waals surface area contributed by atoms with E-state index in [1.165, 1.54) is 11.1 Å². The normalized spacial score (nSPS) is 38.7. The molecule has 2 aliphatic heterocycles. The molecule has 42 heavy (non-hydrogen) atoms. The van der Waals surface area contributed by atoms with E-state index in [0.717, 1.165) is 55.0 Å². The lowest BCUT2D eigenvalue weighted by molar-refractivity contribution is -0.354. The second-order valence-corrected chi connectivity index (χ2v) is 19.2. The third-order valence-electron chi connectivity index (χ3n) is 12.3. The lowest BCUT2D eigenvalue weighted by atomic mass is 9.45. The Morgan fingerprint density at radius 2 is 1.76 bits per heavy atom. The highest BCUT2D eigenvalue weighted by Gasteiger charge is 2.77. The summed E-state index contributed by atoms with van der Waals surface area (Å²) in [5, 5.41) is 0. The van der Waals surface area contributed by atoms with Crippen LogP contribution in [0.4, 0.5) is 4.79 Å². The van der Waals surface area contributed by atoms with Crippen molar-refractivity contribution in [3.8, 4) is 0 Å². The Morgan fingerprint density at radius 3 is 2.38 bits per heavy atom. The van der Waals surface area contributed by atoms with E-state index in [0.29, 0.717) is 13.2 Å². The molecule has 6 nitrogen and oxygen atoms in total. The third-order valence-corrected chi connectivity index (χ3v) is 17.0. The molecule has 2 saturated heterocycles. The average molecular weight is 595 g/mol. The van der Waals surface area contributed by atoms with E-state index >= 15 is 0 Å². The summed E-state index contributed by atoms with van der Waals surface area (Å²) in [6.07, 6.45) is 1.82. The molecule has 5 aliphatic rings. The first kappa shape index (κ1) is 30.1. The second kappa shape index (κ2) is 10.3. The van der Waals surface area contributed by atoms with Gasteiger partial charge in [-0.15, -0.1) is 0 Å². The summed E-state index contributed by atoms with van der Waals surface area (Å²) in [4.78, 5) is 13.3. The summed E-state index contributed by atoms with van der Waals surface area (Å²) in [6.45, 7) is 21.6. The summed E-state index contributed by atoms with van der Waals surface area (Å²) in [5.41, 5.74) is 2.51. The molecular formula is C35H50O6Si. The van der Waals surface area contributed by atoms with Gasteiger partial charge in [-0.2, -0.15) is 0 Å². The molecule has 6 rings (SSSR count). The van der Waals surface area contributed by atoms with Gasteiger partial charge in [-0.25, -0.2) is 4.79 Å². The predicted octanol–water partition coefficient (Wildman–Crippen LogP) is 8.13. The number of allylic oxidation sites excluding steroid dienone is 2. The molecule has 2 saturated carbocycles. The van der Waals surface area contributed by atoms with Gasteiger partial charge in [-0.05, 0) is 55.5 Å². The van der Waals surface area contributed by atoms with E-state index in [4.69, 9.17) is 30.0 Å². The topological polar surface area (TPSA) is 63.2 Å². The maximum Gasteiger partial charge on any atom is 0.509 e. The van der Waals surface area contributed by atoms with Gasteiger partial charge in [-0.1, -0.05) is 89.6 Å². The molecule has 0 N–H and O–H groups in total. The minimum absolute atomic E-state index is 0.0660. The molecule has 3 aliphatic carbocycles. The SMILES string of the molecule is C=C1C[C@]2(C)[C@@H](O[Si](CC)(CC)CC)C[C@H]3OC[C@@]3(OCc3ccccc3)[C@H]2[C@@H]2OC(=O)O[C@]23CCC(C)=C1C3(C)C. The predicted molar refractivity (Wildman–Crippen MR) is 166 cm³/mol. The Hall–Kier alpha value is -1.93. The third kappa shape index (κ3) is 4.09. The molecule has 1 aromatic carbocycles. The van der Waals surface area contributed by atoms with Crippen molar-refractivity contribution in [3.05, 3.63) is 59.2 Å². The molecule has 0 radical (unpaired) electrons. The summed E-state index contributed by atoms with van der Waals surface area (Å²) in [6, 6.07) is 13.5. The lowest BCUT2D eigenvalue weighted by Crippen LogP contribution is -2.78. The summed E-state index contributed by atoms with van der Waals surface area (Å²) in [7, 11) is -2.00. The zero-order valence-electron chi connectivity index (χ0n) is 26.7. The van der Waals surface area contributed by atoms with Crippen molar-refractivity contribution in [3.63, 3.8) is 0 Å². The molecule has 1 aromatic rings. The molecular weight excluding hydrogens is 544 g/mol. The fraction of sp³-hybridized carbons (Fsp3) is 0.686. The first-order valence-electron chi connectivity index (χ1n) is 16.2. The van der Waals surface area contributed by atoms with Crippen LogP contribution in [0.15, 0.2) is 53.6 Å². The van der Waals surface area contributed by atoms with Crippen LogP contribution >= 0.6 is 0 Å². The second-order valence-electron chi connectivity index (χ2n) is 14.4. The van der Waals surface area contributed by atoms with E-state index in [9.17, 15) is 4.79 Å². The van der Waals surface area contributed by atoms with Crippen LogP contribution in [0, 0.1) is 16.7 Å². The zero-order valence-corrected chi connectivity index (χ0v) is 27.7. The fourth-order valence-electron chi connectivity index (χ4n) is 9.76. The number of ether oxygens (including phenoxy) is 4. The van der Waals surface area contributed by atoms with Crippen molar-refractivity contribution < 1.29 is 28.2 Å². The maximum atomic E-state index is 13.3. The van der Waals surface area contributed by atoms with Crippen molar-refractivity contribution in [2.24, 2.45) is 16.7 Å². The molecule has 230 valence electrons. The largest absolute Gasteiger partial charge is 0.509 e. The fourth-order valence-corrected chi connectivity index (χ4v) is 12.7. The van der Waals surface area contributed by atoms with Crippen molar-refractivity contribution in [1.29, 1.82) is 0 Å². The van der Waals surface area contributed by atoms with E-state index < -0.39 is 42.6 Å². The van der Waals surface area contributed by atoms with E-state index in [2.05, 4.69) is 60.6 Å². The molecule has 0 amide bonds. The van der Waals surface area contributed by atoms with E-state index in [1.54, 1.807) is 0 Å². The van der Waals surface area contributed by atoms with Gasteiger partial charge in [0.1, 0.15) is 5.60 Å². The average Bonchev–Trinajstić information content (AvgIpc) is 3.29. The van der Waals surface area contributed by atoms with Gasteiger partial charge in [-0.3, -0.25) is 0 Å². The standard InChI is InChI=1S/C35H50O6Si/c1-9-42(10-2,11-3)41-26-19-27-34(22-37-27,38-21-25-15-13-12-14-16-25)29-30-35(40-31(36)39-30)18-17-23(4)28(32(35,6)7)24(5)20-33(26,29)8/h12-16,26-27,29-30H,5,9-11,17-22H2,1-4,6-8H3/t26-,27+,29-,30-,33+,34-,35+/m0/s1. The molecule has 2 bridgehead atoms. The Labute approximate surface area is 253 Å². The smallest absolute Gasteiger partial charge is 0.426 e. The number of hydrogen-bond acceptors (Lipinski definition) is 6. The van der Waals surface area contributed by atoms with Crippen LogP contribution in [0.5, 0.6) is 0 Å². The number of fused-ring (bicyclic) bond motifs is 5. The van der Waals surface area contributed by atoms with Crippen LogP contribution in [0.1, 0.15) is 79.7 Å². The van der Waals surface area contributed by atoms with Crippen LogP contribution in [0.2, 0.25) is 18.1 Å². The Balaban J connectivity index is 1.54. The van der Waals surface area contributed by atoms with Crippen LogP contribution in [-0.2, 0) is 30.0 Å². The highest BCUT2D eigenvalue weighted by Crippen LogP contribution is 2.68. The highest BCUT2D eigenvalue weighted by atomic mass is 28.4. The molecule has 7 heteroatoms. The molecule has 2 heterocycles. The minimum atomic E-state index is -2.00. The van der Waals surface area contributed by atoms with Gasteiger partial charge in [0.25, 0.3) is 0 Å². The van der Waals surface area contributed by atoms with E-state index in [1.807, 2.05) is 18.2 Å². The maximum absolute atomic E-state index is 13.3. The van der Waals surface area contributed by atoms with Crippen molar-refractivity contribution >= 4 is 14.5 Å². The highest BCUT2D eigenvalue weighted by molar-refractivity contribution is 6.73. The van der Waals surface area contributed by atoms with Gasteiger partial charge in [0.2, 0.25) is 0 Å². The van der Waals surface area contributed by atoms with Crippen LogP contribution in [-0.4, -0.2) is 50.6 Å². The number of carbonyl (C=O) groups is 1. The Bertz CT molecular complexity index is 1260. The number of hydrogen-bond donors (Lipinski definition) is 0. The van der Waals surface area contributed by atoms with Gasteiger partial charge >= 0.3 is 6.16 Å². The van der Waals surface area contributed by atoms with Gasteiger partial charge in [0.15, 0.2) is 20.0 Å². The quantitative estimate of drug-likeness (QED) is 0.224. The summed E-state index contributed by atoms with van der Waals surface area (Å²) < 4.78 is 33.8. The van der Waals surface area contributed by atoms with Gasteiger partial charge < -0.3 is 23.4 Å². The molecule has 4 fully saturated rings. The Kier molecular flexibility index (Phi) is 7.40. The van der Waals surface area contributed by atoms with Gasteiger partial charge in [0.05, 0.1) is 25.4 Å². The molecule has 0 unspecified atom stereocenters. The summed E-state index contributed by atoms with van der Waals surface area (Å²) >= 11 is 0. The van der Waals surface area contributed by atoms with Gasteiger partial charge in [0, 0.05) is 23.2 Å². The number of carbonyl (C=O) groups excluding carboxylic acids is 1. The lowest BCUT2D eigenvalue weighted by Gasteiger charge is -2.68. The summed E-state index contributed by atoms with van der Waals surface area (Å²) in [5.74, 6) is -0.189. The van der Waals surface area contributed by atoms with E-state index in [-0.39, 0.29) is 18.1 Å². The van der Waals surface area contributed by atoms with Crippen LogP contribution in [0.3, 0.4) is 0 Å². The Morgan fingerprint density at radius 1 is 1.07 bits per heavy atom. The first-order valence-corrected chi connectivity index (χ1v) is 18.7. The number of rotatable bonds is 8. The van der Waals surface area contributed by atoms with Crippen molar-refractivity contribution in [2.75, 3.05) is 6.61 Å². The van der Waals surface area contributed by atoms with Crippen LogP contribution in [0.25, 0.3) is 0 Å². The molecule has 1 spiro atoms. The monoisotopic (exact) mass is 594 g/mol. The molecule has 7 atom stereocenters. The van der Waals surface area contributed by atoms with Crippen LogP contribution < -0.4 is 0 Å². The molecule has 0 aromatic heterocycles. The minimum Gasteiger partial charge on any atom is -0.426 e. The zero-order chi connectivity index (χ0) is 30.1. The number of benzene rings is 1. The van der Waals surface area contributed by atoms with Crippen molar-refractivity contribution in [2.45, 2.75) is 128 Å².